The summed E-state index contributed by atoms with van der Waals surface area (Å²) in [7, 11) is -2.71. The van der Waals surface area contributed by atoms with Crippen molar-refractivity contribution in [1.82, 2.24) is 0 Å². The monoisotopic (exact) mass is 792 g/mol. The molecule has 8 rings (SSSR count). The molecule has 0 saturated carbocycles. The van der Waals surface area contributed by atoms with E-state index in [4.69, 9.17) is 13.5 Å². The van der Waals surface area contributed by atoms with Crippen LogP contribution in [0.25, 0.3) is 22.3 Å². The summed E-state index contributed by atoms with van der Waals surface area (Å²) in [6, 6.07) is 55.3. The molecule has 6 aromatic rings. The Hall–Kier alpha value is -4.26. The lowest BCUT2D eigenvalue weighted by molar-refractivity contribution is 0.211. The van der Waals surface area contributed by atoms with Crippen molar-refractivity contribution in [2.75, 3.05) is 25.6 Å². The minimum absolute atomic E-state index is 0.0370. The lowest BCUT2D eigenvalue weighted by Crippen LogP contribution is -2.66. The first-order valence-electron chi connectivity index (χ1n) is 19.5. The topological polar surface area (TPSA) is 44.8 Å². The molecule has 0 spiro atoms. The summed E-state index contributed by atoms with van der Waals surface area (Å²) in [6.07, 6.45) is 2.13. The Balaban J connectivity index is 1.04. The van der Waals surface area contributed by atoms with E-state index in [1.54, 1.807) is 0 Å². The van der Waals surface area contributed by atoms with Crippen molar-refractivity contribution < 1.29 is 18.0 Å². The van der Waals surface area contributed by atoms with Gasteiger partial charge in [0.05, 0.1) is 19.8 Å². The van der Waals surface area contributed by atoms with E-state index in [0.717, 1.165) is 5.57 Å². The Morgan fingerprint density at radius 2 is 0.946 bits per heavy atom. The van der Waals surface area contributed by atoms with Crippen LogP contribution in [0, 0.1) is 0 Å². The second-order valence-electron chi connectivity index (χ2n) is 15.8. The lowest BCUT2D eigenvalue weighted by atomic mass is 9.98. The molecule has 0 fully saturated rings. The average molecular weight is 793 g/mol. The third-order valence-electron chi connectivity index (χ3n) is 11.3. The molecule has 0 heterocycles. The predicted molar refractivity (Wildman–Crippen MR) is 237 cm³/mol. The van der Waals surface area contributed by atoms with E-state index in [2.05, 4.69) is 191 Å². The molecule has 0 saturated heterocycles. The van der Waals surface area contributed by atoms with Crippen molar-refractivity contribution in [2.45, 2.75) is 44.6 Å². The highest BCUT2D eigenvalue weighted by Crippen LogP contribution is 2.63. The van der Waals surface area contributed by atoms with Gasteiger partial charge in [0.1, 0.15) is 0 Å². The van der Waals surface area contributed by atoms with Gasteiger partial charge in [-0.1, -0.05) is 190 Å². The number of benzene rings is 6. The van der Waals surface area contributed by atoms with E-state index >= 15 is 4.57 Å². The molecule has 7 heteroatoms. The van der Waals surface area contributed by atoms with Gasteiger partial charge in [-0.15, -0.1) is 0 Å². The van der Waals surface area contributed by atoms with Crippen molar-refractivity contribution in [2.24, 2.45) is 0 Å². The van der Waals surface area contributed by atoms with Gasteiger partial charge < -0.3 is 4.43 Å². The van der Waals surface area contributed by atoms with Crippen molar-refractivity contribution in [3.63, 3.8) is 0 Å². The summed E-state index contributed by atoms with van der Waals surface area (Å²) in [5, 5.41) is 2.37. The second kappa shape index (κ2) is 16.3. The zero-order valence-electron chi connectivity index (χ0n) is 32.6. The Kier molecular flexibility index (Phi) is 11.2. The van der Waals surface area contributed by atoms with Crippen LogP contribution in [0.3, 0.4) is 0 Å². The highest BCUT2D eigenvalue weighted by Gasteiger charge is 2.50. The third-order valence-corrected chi connectivity index (χ3v) is 19.9. The van der Waals surface area contributed by atoms with Gasteiger partial charge in [-0.2, -0.15) is 0 Å². The Labute approximate surface area is 337 Å². The van der Waals surface area contributed by atoms with Gasteiger partial charge in [-0.05, 0) is 78.2 Å². The number of rotatable bonds is 14. The molecule has 0 bridgehead atoms. The lowest BCUT2D eigenvalue weighted by Gasteiger charge is -2.43. The highest BCUT2D eigenvalue weighted by molar-refractivity contribution is 8.55. The summed E-state index contributed by atoms with van der Waals surface area (Å²) in [5.74, 6) is 0.387. The van der Waals surface area contributed by atoms with Gasteiger partial charge in [0.15, 0.2) is 0 Å². The van der Waals surface area contributed by atoms with Crippen LogP contribution in [-0.2, 0) is 18.0 Å². The average Bonchev–Trinajstić information content (AvgIpc) is 3.72. The van der Waals surface area contributed by atoms with Crippen LogP contribution in [0.1, 0.15) is 61.8 Å². The normalized spacial score (nSPS) is 14.3. The van der Waals surface area contributed by atoms with Crippen molar-refractivity contribution in [1.29, 1.82) is 0 Å². The fraction of sp³-hybridized carbons (Fsp3) is 0.224. The molecular weight excluding hydrogens is 744 g/mol. The molecule has 2 aliphatic rings. The SMILES string of the molecule is CC(=CCSP(=O)(OCC1c2ccccc2-c2ccccc21)OCC1c2ccccc2-c2ccccc21)CO[Si](c1ccccc1)(c1ccccc1)C(C)(C)C. The highest BCUT2D eigenvalue weighted by atomic mass is 32.7. The van der Waals surface area contributed by atoms with E-state index in [0.29, 0.717) is 12.4 Å². The van der Waals surface area contributed by atoms with E-state index in [1.165, 1.54) is 66.3 Å². The van der Waals surface area contributed by atoms with Crippen LogP contribution in [0.15, 0.2) is 169 Å². The molecule has 0 unspecified atom stereocenters. The van der Waals surface area contributed by atoms with Crippen LogP contribution in [0.2, 0.25) is 5.04 Å². The van der Waals surface area contributed by atoms with Gasteiger partial charge in [-0.3, -0.25) is 9.05 Å². The van der Waals surface area contributed by atoms with Gasteiger partial charge in [0, 0.05) is 17.6 Å². The van der Waals surface area contributed by atoms with Gasteiger partial charge in [0.25, 0.3) is 8.32 Å². The molecule has 56 heavy (non-hydrogen) atoms. The first-order valence-corrected chi connectivity index (χ1v) is 24.5. The minimum atomic E-state index is -3.66. The molecule has 0 aromatic heterocycles. The standard InChI is InChI=1S/C49H49O4PSSi/c1-36(33-53-56(49(2,3)4,37-19-7-5-8-20-37)38-21-9-6-10-22-38)31-32-55-54(50,51-34-47-43-27-15-11-23-39(43)40-24-12-16-28-44(40)47)52-35-48-45-29-17-13-25-41(45)42-26-14-18-30-46(42)48/h5-31,47-48H,32-35H2,1-4H3. The first kappa shape index (κ1) is 38.6. The summed E-state index contributed by atoms with van der Waals surface area (Å²) in [6.45, 7) is 6.30. The van der Waals surface area contributed by atoms with Gasteiger partial charge in [-0.25, -0.2) is 4.57 Å². The zero-order chi connectivity index (χ0) is 38.8. The third kappa shape index (κ3) is 7.47. The maximum Gasteiger partial charge on any atom is 0.389 e. The van der Waals surface area contributed by atoms with Crippen LogP contribution in [-0.4, -0.2) is 33.9 Å². The fourth-order valence-electron chi connectivity index (χ4n) is 8.64. The maximum absolute atomic E-state index is 15.0. The van der Waals surface area contributed by atoms with E-state index in [1.807, 2.05) is 0 Å². The van der Waals surface area contributed by atoms with E-state index in [9.17, 15) is 0 Å². The van der Waals surface area contributed by atoms with Crippen LogP contribution in [0.5, 0.6) is 0 Å². The maximum atomic E-state index is 15.0. The fourth-order valence-corrected chi connectivity index (χ4v) is 16.2. The molecule has 0 amide bonds. The largest absolute Gasteiger partial charge is 0.403 e. The molecule has 6 aromatic carbocycles. The molecule has 284 valence electrons. The molecule has 0 N–H and O–H groups in total. The zero-order valence-corrected chi connectivity index (χ0v) is 35.3. The van der Waals surface area contributed by atoms with Gasteiger partial charge >= 0.3 is 6.80 Å². The molecule has 0 aliphatic heterocycles. The Morgan fingerprint density at radius 3 is 1.32 bits per heavy atom. The van der Waals surface area contributed by atoms with Crippen molar-refractivity contribution >= 4 is 36.9 Å². The number of fused-ring (bicyclic) bond motifs is 6. The molecule has 4 nitrogen and oxygen atoms in total. The van der Waals surface area contributed by atoms with Crippen LogP contribution >= 0.6 is 18.2 Å². The molecule has 0 radical (unpaired) electrons. The van der Waals surface area contributed by atoms with Crippen LogP contribution < -0.4 is 10.4 Å². The van der Waals surface area contributed by atoms with E-state index < -0.39 is 15.1 Å². The molecule has 0 atom stereocenters. The predicted octanol–water partition coefficient (Wildman–Crippen LogP) is 12.0. The van der Waals surface area contributed by atoms with E-state index in [-0.39, 0.29) is 30.1 Å². The first-order chi connectivity index (χ1) is 27.2. The molecular formula is C49H49O4PSSi. The molecule has 2 aliphatic carbocycles. The summed E-state index contributed by atoms with van der Waals surface area (Å²) in [5.41, 5.74) is 10.7. The van der Waals surface area contributed by atoms with Crippen molar-refractivity contribution in [3.8, 4) is 22.3 Å². The Morgan fingerprint density at radius 1 is 0.589 bits per heavy atom. The van der Waals surface area contributed by atoms with Crippen LogP contribution in [0.4, 0.5) is 0 Å². The minimum Gasteiger partial charge on any atom is -0.403 e. The quantitative estimate of drug-likeness (QED) is 0.0624. The summed E-state index contributed by atoms with van der Waals surface area (Å²) >= 11 is 1.27. The number of hydrogen-bond donors (Lipinski definition) is 0. The summed E-state index contributed by atoms with van der Waals surface area (Å²) < 4.78 is 35.4. The second-order valence-corrected chi connectivity index (χ2v) is 24.2. The Bertz CT molecular complexity index is 2160. The van der Waals surface area contributed by atoms with Gasteiger partial charge in [0.2, 0.25) is 0 Å². The summed E-state index contributed by atoms with van der Waals surface area (Å²) in [4.78, 5) is 0. The smallest absolute Gasteiger partial charge is 0.389 e. The van der Waals surface area contributed by atoms with Crippen molar-refractivity contribution in [3.05, 3.63) is 192 Å². The number of hydrogen-bond acceptors (Lipinski definition) is 5.